The standard InChI is InChI=1S/C20H26Cl2N4O4/c1-14(2)30-20(28)26-9-10-29-16(13-26)12-24-5-7-25(8-6-24)19(27)23-15-3-4-17(21)18(22)11-15/h3-4,11,16H,1,5-10,12-13H2,2H3,(H,23,27)/t16-/m0/s1. The number of amides is 3. The number of carbonyl (C=O) groups excluding carboxylic acids is 2. The van der Waals surface area contributed by atoms with Crippen LogP contribution in [-0.4, -0.2) is 85.3 Å². The number of carbonyl (C=O) groups is 2. The summed E-state index contributed by atoms with van der Waals surface area (Å²) < 4.78 is 10.9. The van der Waals surface area contributed by atoms with Gasteiger partial charge in [-0.15, -0.1) is 0 Å². The van der Waals surface area contributed by atoms with Crippen molar-refractivity contribution in [3.63, 3.8) is 0 Å². The van der Waals surface area contributed by atoms with Gasteiger partial charge in [0.05, 0.1) is 35.1 Å². The number of anilines is 1. The molecule has 0 radical (unpaired) electrons. The lowest BCUT2D eigenvalue weighted by Gasteiger charge is -2.38. The number of nitrogens with one attached hydrogen (secondary N) is 1. The highest BCUT2D eigenvalue weighted by atomic mass is 35.5. The van der Waals surface area contributed by atoms with Crippen molar-refractivity contribution < 1.29 is 19.1 Å². The third kappa shape index (κ3) is 6.25. The van der Waals surface area contributed by atoms with Crippen molar-refractivity contribution in [3.05, 3.63) is 40.6 Å². The van der Waals surface area contributed by atoms with Gasteiger partial charge in [-0.3, -0.25) is 4.90 Å². The number of halogens is 2. The first kappa shape index (κ1) is 22.7. The fraction of sp³-hybridized carbons (Fsp3) is 0.500. The van der Waals surface area contributed by atoms with Crippen molar-refractivity contribution in [2.45, 2.75) is 13.0 Å². The molecule has 30 heavy (non-hydrogen) atoms. The van der Waals surface area contributed by atoms with E-state index in [2.05, 4.69) is 16.8 Å². The number of urea groups is 1. The van der Waals surface area contributed by atoms with Crippen LogP contribution in [0.2, 0.25) is 10.0 Å². The van der Waals surface area contributed by atoms with Crippen LogP contribution in [0.5, 0.6) is 0 Å². The van der Waals surface area contributed by atoms with Gasteiger partial charge in [-0.2, -0.15) is 0 Å². The van der Waals surface area contributed by atoms with Crippen LogP contribution >= 0.6 is 23.2 Å². The van der Waals surface area contributed by atoms with Crippen LogP contribution in [0.1, 0.15) is 6.92 Å². The average molecular weight is 457 g/mol. The molecule has 2 heterocycles. The molecule has 3 amide bonds. The van der Waals surface area contributed by atoms with Gasteiger partial charge in [0.25, 0.3) is 0 Å². The Balaban J connectivity index is 1.43. The summed E-state index contributed by atoms with van der Waals surface area (Å²) in [5.41, 5.74) is 0.606. The molecule has 2 fully saturated rings. The molecule has 0 aromatic heterocycles. The predicted octanol–water partition coefficient (Wildman–Crippen LogP) is 3.51. The Morgan fingerprint density at radius 3 is 2.57 bits per heavy atom. The lowest BCUT2D eigenvalue weighted by atomic mass is 10.2. The van der Waals surface area contributed by atoms with Gasteiger partial charge >= 0.3 is 12.1 Å². The molecular formula is C20H26Cl2N4O4. The van der Waals surface area contributed by atoms with Crippen LogP contribution in [-0.2, 0) is 9.47 Å². The largest absolute Gasteiger partial charge is 0.416 e. The smallest absolute Gasteiger partial charge is 0.415 e. The molecule has 1 N–H and O–H groups in total. The molecule has 0 aliphatic carbocycles. The Bertz CT molecular complexity index is 799. The third-order valence-electron chi connectivity index (χ3n) is 4.95. The van der Waals surface area contributed by atoms with Gasteiger partial charge in [0.15, 0.2) is 0 Å². The number of morpholine rings is 1. The molecule has 0 spiro atoms. The van der Waals surface area contributed by atoms with E-state index in [4.69, 9.17) is 32.7 Å². The minimum absolute atomic E-state index is 0.0898. The first-order valence-corrected chi connectivity index (χ1v) is 10.5. The molecule has 164 valence electrons. The van der Waals surface area contributed by atoms with Gasteiger partial charge in [-0.25, -0.2) is 9.59 Å². The van der Waals surface area contributed by atoms with E-state index in [1.807, 2.05) is 0 Å². The molecule has 0 bridgehead atoms. The molecule has 1 aromatic carbocycles. The summed E-state index contributed by atoms with van der Waals surface area (Å²) >= 11 is 11.9. The quantitative estimate of drug-likeness (QED) is 0.701. The van der Waals surface area contributed by atoms with Crippen molar-refractivity contribution >= 4 is 41.0 Å². The molecule has 1 atom stereocenters. The number of nitrogens with zero attached hydrogens (tertiary/aromatic N) is 3. The molecule has 1 aromatic rings. The molecule has 3 rings (SSSR count). The van der Waals surface area contributed by atoms with Gasteiger partial charge in [0.1, 0.15) is 0 Å². The zero-order valence-electron chi connectivity index (χ0n) is 16.9. The molecule has 0 saturated carbocycles. The molecule has 8 nitrogen and oxygen atoms in total. The highest BCUT2D eigenvalue weighted by molar-refractivity contribution is 6.42. The highest BCUT2D eigenvalue weighted by Gasteiger charge is 2.29. The van der Waals surface area contributed by atoms with Gasteiger partial charge in [-0.1, -0.05) is 29.8 Å². The second-order valence-electron chi connectivity index (χ2n) is 7.36. The Labute approximate surface area is 186 Å². The van der Waals surface area contributed by atoms with E-state index in [1.165, 1.54) is 0 Å². The number of rotatable bonds is 4. The Kier molecular flexibility index (Phi) is 7.82. The summed E-state index contributed by atoms with van der Waals surface area (Å²) in [4.78, 5) is 30.2. The maximum atomic E-state index is 12.5. The van der Waals surface area contributed by atoms with E-state index in [-0.39, 0.29) is 18.2 Å². The Morgan fingerprint density at radius 2 is 1.90 bits per heavy atom. The number of allylic oxidation sites excluding steroid dienone is 1. The Hall–Kier alpha value is -2.00. The second-order valence-corrected chi connectivity index (χ2v) is 8.17. The van der Waals surface area contributed by atoms with Crippen molar-refractivity contribution in [1.29, 1.82) is 0 Å². The number of hydrogen-bond donors (Lipinski definition) is 1. The summed E-state index contributed by atoms with van der Waals surface area (Å²) in [5, 5.41) is 3.69. The van der Waals surface area contributed by atoms with Gasteiger partial charge in [-0.05, 0) is 25.1 Å². The average Bonchev–Trinajstić information content (AvgIpc) is 2.71. The van der Waals surface area contributed by atoms with Crippen molar-refractivity contribution in [1.82, 2.24) is 14.7 Å². The zero-order valence-corrected chi connectivity index (χ0v) is 18.4. The molecule has 2 aliphatic heterocycles. The third-order valence-corrected chi connectivity index (χ3v) is 5.69. The van der Waals surface area contributed by atoms with E-state index >= 15 is 0 Å². The maximum Gasteiger partial charge on any atom is 0.415 e. The van der Waals surface area contributed by atoms with Crippen molar-refractivity contribution in [2.24, 2.45) is 0 Å². The summed E-state index contributed by atoms with van der Waals surface area (Å²) in [6, 6.07) is 4.82. The van der Waals surface area contributed by atoms with E-state index < -0.39 is 0 Å². The molecule has 2 aliphatic rings. The van der Waals surface area contributed by atoms with Gasteiger partial charge in [0.2, 0.25) is 0 Å². The summed E-state index contributed by atoms with van der Waals surface area (Å²) in [5.74, 6) is 0.373. The predicted molar refractivity (Wildman–Crippen MR) is 116 cm³/mol. The summed E-state index contributed by atoms with van der Waals surface area (Å²) in [7, 11) is 0. The lowest BCUT2D eigenvalue weighted by Crippen LogP contribution is -2.54. The van der Waals surface area contributed by atoms with E-state index in [1.54, 1.807) is 34.9 Å². The highest BCUT2D eigenvalue weighted by Crippen LogP contribution is 2.25. The number of piperazine rings is 1. The van der Waals surface area contributed by atoms with Crippen LogP contribution < -0.4 is 5.32 Å². The van der Waals surface area contributed by atoms with E-state index in [0.717, 1.165) is 13.1 Å². The van der Waals surface area contributed by atoms with E-state index in [9.17, 15) is 9.59 Å². The van der Waals surface area contributed by atoms with Crippen LogP contribution in [0.25, 0.3) is 0 Å². The van der Waals surface area contributed by atoms with Crippen molar-refractivity contribution in [2.75, 3.05) is 57.7 Å². The normalized spacial score (nSPS) is 20.0. The van der Waals surface area contributed by atoms with Gasteiger partial charge < -0.3 is 24.6 Å². The van der Waals surface area contributed by atoms with Crippen LogP contribution in [0.4, 0.5) is 15.3 Å². The topological polar surface area (TPSA) is 74.3 Å². The minimum Gasteiger partial charge on any atom is -0.416 e. The van der Waals surface area contributed by atoms with Crippen LogP contribution in [0, 0.1) is 0 Å². The molecule has 10 heteroatoms. The fourth-order valence-corrected chi connectivity index (χ4v) is 3.71. The zero-order chi connectivity index (χ0) is 21.7. The molecule has 0 unspecified atom stereocenters. The minimum atomic E-state index is -0.389. The summed E-state index contributed by atoms with van der Waals surface area (Å²) in [6.07, 6.45) is -0.479. The lowest BCUT2D eigenvalue weighted by molar-refractivity contribution is -0.0417. The van der Waals surface area contributed by atoms with Crippen LogP contribution in [0.3, 0.4) is 0 Å². The SMILES string of the molecule is C=C(C)OC(=O)N1CCO[C@@H](CN2CCN(C(=O)Nc3ccc(Cl)c(Cl)c3)CC2)C1. The maximum absolute atomic E-state index is 12.5. The fourth-order valence-electron chi connectivity index (χ4n) is 3.41. The number of hydrogen-bond acceptors (Lipinski definition) is 5. The monoisotopic (exact) mass is 456 g/mol. The first-order chi connectivity index (χ1) is 14.3. The second kappa shape index (κ2) is 10.3. The molecule has 2 saturated heterocycles. The van der Waals surface area contributed by atoms with Gasteiger partial charge in [0, 0.05) is 45.0 Å². The van der Waals surface area contributed by atoms with Crippen LogP contribution in [0.15, 0.2) is 30.5 Å². The first-order valence-electron chi connectivity index (χ1n) is 9.79. The number of ether oxygens (including phenoxy) is 2. The Morgan fingerprint density at radius 1 is 1.17 bits per heavy atom. The number of benzene rings is 1. The van der Waals surface area contributed by atoms with E-state index in [0.29, 0.717) is 60.8 Å². The molecular weight excluding hydrogens is 431 g/mol. The van der Waals surface area contributed by atoms with Crippen molar-refractivity contribution in [3.8, 4) is 0 Å². The summed E-state index contributed by atoms with van der Waals surface area (Å²) in [6.45, 7) is 10.0.